The van der Waals surface area contributed by atoms with Gasteiger partial charge >= 0.3 is 12.0 Å². The summed E-state index contributed by atoms with van der Waals surface area (Å²) < 4.78 is 5.15. The van der Waals surface area contributed by atoms with Gasteiger partial charge in [0.05, 0.1) is 0 Å². The summed E-state index contributed by atoms with van der Waals surface area (Å²) in [6, 6.07) is -0.453. The number of hydrogen-bond acceptors (Lipinski definition) is 4. The topological polar surface area (TPSA) is 66.9 Å². The highest BCUT2D eigenvalue weighted by Gasteiger charge is 2.51. The van der Waals surface area contributed by atoms with E-state index in [4.69, 9.17) is 4.74 Å². The predicted octanol–water partition coefficient (Wildman–Crippen LogP) is 1.77. The van der Waals surface area contributed by atoms with Gasteiger partial charge in [0.25, 0.3) is 5.91 Å². The molecular weight excluding hydrogens is 328 g/mol. The van der Waals surface area contributed by atoms with Gasteiger partial charge in [0.1, 0.15) is 17.7 Å². The molecule has 0 atom stereocenters. The number of ether oxygens (including phenoxy) is 1. The maximum absolute atomic E-state index is 12.3. The normalized spacial score (nSPS) is 18.7. The van der Waals surface area contributed by atoms with Crippen LogP contribution in [0.2, 0.25) is 0 Å². The summed E-state index contributed by atoms with van der Waals surface area (Å²) in [5.74, 6) is -0.968. The first-order valence-electron chi connectivity index (χ1n) is 6.42. The van der Waals surface area contributed by atoms with Crippen molar-refractivity contribution >= 4 is 33.8 Å². The van der Waals surface area contributed by atoms with E-state index in [2.05, 4.69) is 15.9 Å². The summed E-state index contributed by atoms with van der Waals surface area (Å²) in [4.78, 5) is 38.7. The summed E-state index contributed by atoms with van der Waals surface area (Å²) in [6.45, 7) is 8.61. The molecule has 0 aliphatic carbocycles. The van der Waals surface area contributed by atoms with E-state index in [0.29, 0.717) is 11.9 Å². The number of amides is 3. The van der Waals surface area contributed by atoms with Crippen molar-refractivity contribution in [2.45, 2.75) is 45.8 Å². The Morgan fingerprint density at radius 3 is 2.30 bits per heavy atom. The SMILES string of the molecule is CC(C)(C)OC(=O)CN1C(=O)N(CCBr)C(C)(C)C1=O. The van der Waals surface area contributed by atoms with E-state index in [1.807, 2.05) is 0 Å². The minimum atomic E-state index is -0.938. The average molecular weight is 349 g/mol. The van der Waals surface area contributed by atoms with Crippen LogP contribution < -0.4 is 0 Å². The van der Waals surface area contributed by atoms with Gasteiger partial charge in [-0.15, -0.1) is 0 Å². The number of esters is 1. The third-order valence-electron chi connectivity index (χ3n) is 2.92. The van der Waals surface area contributed by atoms with Crippen molar-refractivity contribution in [3.05, 3.63) is 0 Å². The number of carbonyl (C=O) groups is 3. The fourth-order valence-electron chi connectivity index (χ4n) is 2.02. The van der Waals surface area contributed by atoms with Crippen LogP contribution in [-0.2, 0) is 14.3 Å². The second-order valence-electron chi connectivity index (χ2n) is 6.16. The number of alkyl halides is 1. The van der Waals surface area contributed by atoms with Gasteiger partial charge in [-0.1, -0.05) is 15.9 Å². The van der Waals surface area contributed by atoms with E-state index in [0.717, 1.165) is 4.90 Å². The number of imide groups is 1. The Morgan fingerprint density at radius 2 is 1.85 bits per heavy atom. The standard InChI is InChI=1S/C13H21BrN2O4/c1-12(2,3)20-9(17)8-15-10(18)13(4,5)16(7-6-14)11(15)19/h6-8H2,1-5H3. The van der Waals surface area contributed by atoms with Crippen molar-refractivity contribution in [3.63, 3.8) is 0 Å². The molecule has 0 aromatic rings. The van der Waals surface area contributed by atoms with Crippen LogP contribution in [0.25, 0.3) is 0 Å². The van der Waals surface area contributed by atoms with Crippen LogP contribution in [0, 0.1) is 0 Å². The molecular formula is C13H21BrN2O4. The van der Waals surface area contributed by atoms with E-state index >= 15 is 0 Å². The van der Waals surface area contributed by atoms with Gasteiger partial charge in [0.15, 0.2) is 0 Å². The largest absolute Gasteiger partial charge is 0.459 e. The third kappa shape index (κ3) is 3.50. The first-order chi connectivity index (χ1) is 9.00. The molecule has 1 rings (SSSR count). The van der Waals surface area contributed by atoms with Gasteiger partial charge in [-0.3, -0.25) is 14.5 Å². The number of hydrogen-bond donors (Lipinski definition) is 0. The molecule has 0 aromatic carbocycles. The molecule has 114 valence electrons. The minimum absolute atomic E-state index is 0.350. The van der Waals surface area contributed by atoms with Gasteiger partial charge < -0.3 is 9.64 Å². The molecule has 0 spiro atoms. The van der Waals surface area contributed by atoms with E-state index in [9.17, 15) is 14.4 Å². The molecule has 1 aliphatic heterocycles. The van der Waals surface area contributed by atoms with Crippen molar-refractivity contribution in [1.82, 2.24) is 9.80 Å². The lowest BCUT2D eigenvalue weighted by Crippen LogP contribution is -2.45. The molecule has 6 nitrogen and oxygen atoms in total. The molecule has 1 aliphatic rings. The molecule has 20 heavy (non-hydrogen) atoms. The van der Waals surface area contributed by atoms with E-state index in [1.54, 1.807) is 34.6 Å². The van der Waals surface area contributed by atoms with E-state index in [-0.39, 0.29) is 12.5 Å². The molecule has 0 radical (unpaired) electrons. The molecule has 7 heteroatoms. The van der Waals surface area contributed by atoms with Crippen LogP contribution in [0.4, 0.5) is 4.79 Å². The van der Waals surface area contributed by atoms with Gasteiger partial charge in [0.2, 0.25) is 0 Å². The van der Waals surface area contributed by atoms with Crippen molar-refractivity contribution < 1.29 is 19.1 Å². The smallest absolute Gasteiger partial charge is 0.328 e. The highest BCUT2D eigenvalue weighted by molar-refractivity contribution is 9.09. The van der Waals surface area contributed by atoms with Crippen LogP contribution >= 0.6 is 15.9 Å². The number of carbonyl (C=O) groups excluding carboxylic acids is 3. The van der Waals surface area contributed by atoms with E-state index in [1.165, 1.54) is 4.90 Å². The maximum Gasteiger partial charge on any atom is 0.328 e. The number of halogens is 1. The van der Waals surface area contributed by atoms with Gasteiger partial charge in [0, 0.05) is 11.9 Å². The van der Waals surface area contributed by atoms with Crippen LogP contribution in [0.3, 0.4) is 0 Å². The van der Waals surface area contributed by atoms with Crippen LogP contribution in [-0.4, -0.2) is 57.3 Å². The van der Waals surface area contributed by atoms with Crippen molar-refractivity contribution in [3.8, 4) is 0 Å². The zero-order valence-corrected chi connectivity index (χ0v) is 14.1. The summed E-state index contributed by atoms with van der Waals surface area (Å²) >= 11 is 3.25. The molecule has 1 saturated heterocycles. The molecule has 1 heterocycles. The monoisotopic (exact) mass is 348 g/mol. The van der Waals surface area contributed by atoms with Gasteiger partial charge in [-0.05, 0) is 34.6 Å². The first-order valence-corrected chi connectivity index (χ1v) is 7.54. The maximum atomic E-state index is 12.3. The van der Waals surface area contributed by atoms with Crippen LogP contribution in [0.1, 0.15) is 34.6 Å². The summed E-state index contributed by atoms with van der Waals surface area (Å²) in [5.41, 5.74) is -1.58. The average Bonchev–Trinajstić information content (AvgIpc) is 2.41. The quantitative estimate of drug-likeness (QED) is 0.441. The van der Waals surface area contributed by atoms with E-state index < -0.39 is 23.1 Å². The lowest BCUT2D eigenvalue weighted by atomic mass is 10.0. The summed E-state index contributed by atoms with van der Waals surface area (Å²) in [5, 5.41) is 0.565. The molecule has 0 aromatic heterocycles. The Balaban J connectivity index is 2.84. The highest BCUT2D eigenvalue weighted by Crippen LogP contribution is 2.27. The first kappa shape index (κ1) is 16.9. The summed E-state index contributed by atoms with van der Waals surface area (Å²) in [7, 11) is 0. The Bertz CT molecular complexity index is 429. The fraction of sp³-hybridized carbons (Fsp3) is 0.769. The minimum Gasteiger partial charge on any atom is -0.459 e. The zero-order chi connectivity index (χ0) is 15.7. The number of nitrogens with zero attached hydrogens (tertiary/aromatic N) is 2. The number of urea groups is 1. The zero-order valence-electron chi connectivity index (χ0n) is 12.5. The fourth-order valence-corrected chi connectivity index (χ4v) is 2.37. The Morgan fingerprint density at radius 1 is 1.30 bits per heavy atom. The molecule has 0 unspecified atom stereocenters. The lowest BCUT2D eigenvalue weighted by molar-refractivity contribution is -0.157. The molecule has 0 N–H and O–H groups in total. The Hall–Kier alpha value is -1.11. The van der Waals surface area contributed by atoms with Crippen LogP contribution in [0.5, 0.6) is 0 Å². The van der Waals surface area contributed by atoms with Gasteiger partial charge in [-0.25, -0.2) is 4.79 Å². The van der Waals surface area contributed by atoms with Crippen molar-refractivity contribution in [2.75, 3.05) is 18.4 Å². The second kappa shape index (κ2) is 5.71. The third-order valence-corrected chi connectivity index (χ3v) is 3.28. The van der Waals surface area contributed by atoms with Crippen molar-refractivity contribution in [1.29, 1.82) is 0 Å². The number of rotatable bonds is 4. The summed E-state index contributed by atoms with van der Waals surface area (Å²) in [6.07, 6.45) is 0. The van der Waals surface area contributed by atoms with Gasteiger partial charge in [-0.2, -0.15) is 0 Å². The Labute approximate surface area is 127 Å². The lowest BCUT2D eigenvalue weighted by Gasteiger charge is -2.26. The molecule has 3 amide bonds. The highest BCUT2D eigenvalue weighted by atomic mass is 79.9. The molecule has 0 saturated carbocycles. The second-order valence-corrected chi connectivity index (χ2v) is 6.95. The Kier molecular flexibility index (Phi) is 4.84. The molecule has 0 bridgehead atoms. The predicted molar refractivity (Wildman–Crippen MR) is 77.5 cm³/mol. The van der Waals surface area contributed by atoms with Crippen LogP contribution in [0.15, 0.2) is 0 Å². The van der Waals surface area contributed by atoms with Crippen molar-refractivity contribution in [2.24, 2.45) is 0 Å². The molecule has 1 fully saturated rings.